The summed E-state index contributed by atoms with van der Waals surface area (Å²) in [5, 5.41) is 0. The molecule has 0 saturated heterocycles. The molecule has 0 aromatic rings. The van der Waals surface area contributed by atoms with Crippen LogP contribution in [0.5, 0.6) is 0 Å². The Morgan fingerprint density at radius 2 is 1.67 bits per heavy atom. The maximum atomic E-state index is 2.57. The number of rotatable bonds is 1. The molecule has 0 N–H and O–H groups in total. The van der Waals surface area contributed by atoms with Crippen molar-refractivity contribution in [3.63, 3.8) is 0 Å². The molecule has 0 heterocycles. The Balaban J connectivity index is 1.69. The largest absolute Gasteiger partial charge is 0.110 e. The molecule has 0 spiro atoms. The highest BCUT2D eigenvalue weighted by Gasteiger charge is 2.61. The minimum Gasteiger partial charge on any atom is -0.110 e. The van der Waals surface area contributed by atoms with E-state index < -0.39 is 0 Å². The molecular formula is C14H21P. The lowest BCUT2D eigenvalue weighted by atomic mass is 9.73. The Labute approximate surface area is 94.3 Å². The van der Waals surface area contributed by atoms with Gasteiger partial charge in [0.05, 0.1) is 0 Å². The molecule has 1 heteroatoms. The van der Waals surface area contributed by atoms with E-state index >= 15 is 0 Å². The second-order valence-corrected chi connectivity index (χ2v) is 9.12. The van der Waals surface area contributed by atoms with Crippen LogP contribution in [0.2, 0.25) is 0 Å². The molecule has 0 aliphatic heterocycles. The smallest absolute Gasteiger partial charge is 0.0180 e. The minimum atomic E-state index is 0.327. The van der Waals surface area contributed by atoms with Crippen molar-refractivity contribution in [3.05, 3.63) is 12.2 Å². The van der Waals surface area contributed by atoms with Gasteiger partial charge in [-0.15, -0.1) is 7.92 Å². The van der Waals surface area contributed by atoms with E-state index in [1.165, 1.54) is 6.42 Å². The lowest BCUT2D eigenvalue weighted by Gasteiger charge is -2.38. The first-order valence-corrected chi connectivity index (χ1v) is 8.91. The Kier molecular flexibility index (Phi) is 1.78. The molecule has 0 aromatic carbocycles. The molecule has 7 unspecified atom stereocenters. The van der Waals surface area contributed by atoms with E-state index in [-0.39, 0.29) is 0 Å². The molecule has 3 saturated carbocycles. The first-order chi connectivity index (χ1) is 7.25. The molecule has 3 fully saturated rings. The topological polar surface area (TPSA) is 0 Å². The van der Waals surface area contributed by atoms with Crippen molar-refractivity contribution < 1.29 is 0 Å². The maximum Gasteiger partial charge on any atom is -0.0180 e. The van der Waals surface area contributed by atoms with Crippen molar-refractivity contribution in [2.75, 3.05) is 13.3 Å². The standard InChI is InChI=1S/C14H21P/c1-15(2)12-7-10-6-11(12)14-9-4-3-8(5-9)13(10)14/h3-4,8-14H,5-7H2,1-2H3. The fourth-order valence-corrected chi connectivity index (χ4v) is 7.35. The second-order valence-electron chi connectivity index (χ2n) is 6.53. The Bertz CT molecular complexity index is 319. The summed E-state index contributed by atoms with van der Waals surface area (Å²) in [5.41, 5.74) is 1.14. The van der Waals surface area contributed by atoms with Crippen LogP contribution >= 0.6 is 7.92 Å². The van der Waals surface area contributed by atoms with Crippen LogP contribution in [-0.2, 0) is 0 Å². The van der Waals surface area contributed by atoms with Gasteiger partial charge < -0.3 is 0 Å². The third kappa shape index (κ3) is 1.03. The van der Waals surface area contributed by atoms with Gasteiger partial charge in [0, 0.05) is 0 Å². The first-order valence-electron chi connectivity index (χ1n) is 6.60. The number of allylic oxidation sites excluding steroid dienone is 2. The van der Waals surface area contributed by atoms with Crippen LogP contribution in [0.15, 0.2) is 12.2 Å². The van der Waals surface area contributed by atoms with Gasteiger partial charge >= 0.3 is 0 Å². The summed E-state index contributed by atoms with van der Waals surface area (Å²) in [6, 6.07) is 0. The van der Waals surface area contributed by atoms with Crippen LogP contribution in [0.1, 0.15) is 19.3 Å². The first kappa shape index (κ1) is 9.23. The lowest BCUT2D eigenvalue weighted by molar-refractivity contribution is 0.210. The van der Waals surface area contributed by atoms with E-state index in [1.54, 1.807) is 12.8 Å². The van der Waals surface area contributed by atoms with Gasteiger partial charge in [-0.1, -0.05) is 12.2 Å². The van der Waals surface area contributed by atoms with Gasteiger partial charge in [0.15, 0.2) is 0 Å². The summed E-state index contributed by atoms with van der Waals surface area (Å²) in [7, 11) is 0.327. The summed E-state index contributed by atoms with van der Waals surface area (Å²) in [4.78, 5) is 0. The highest BCUT2D eigenvalue weighted by atomic mass is 31.1. The van der Waals surface area contributed by atoms with Gasteiger partial charge in [-0.25, -0.2) is 0 Å². The molecule has 82 valence electrons. The SMILES string of the molecule is CP(C)C1CC2CC1C1C3C=CC(C3)C21. The third-order valence-electron chi connectivity index (χ3n) is 5.90. The normalized spacial score (nSPS) is 59.5. The van der Waals surface area contributed by atoms with Crippen molar-refractivity contribution in [1.82, 2.24) is 0 Å². The van der Waals surface area contributed by atoms with Crippen LogP contribution in [0.3, 0.4) is 0 Å². The summed E-state index contributed by atoms with van der Waals surface area (Å²) < 4.78 is 0. The van der Waals surface area contributed by atoms with E-state index in [0.717, 1.165) is 41.2 Å². The fourth-order valence-electron chi connectivity index (χ4n) is 5.57. The summed E-state index contributed by atoms with van der Waals surface area (Å²) in [6.45, 7) is 5.03. The fraction of sp³-hybridized carbons (Fsp3) is 0.857. The average Bonchev–Trinajstić information content (AvgIpc) is 2.95. The Morgan fingerprint density at radius 1 is 0.933 bits per heavy atom. The van der Waals surface area contributed by atoms with Crippen LogP contribution in [0.25, 0.3) is 0 Å². The zero-order valence-electron chi connectivity index (χ0n) is 9.76. The van der Waals surface area contributed by atoms with E-state index in [9.17, 15) is 0 Å². The van der Waals surface area contributed by atoms with Gasteiger partial charge in [-0.2, -0.15) is 0 Å². The Hall–Kier alpha value is 0.170. The van der Waals surface area contributed by atoms with Crippen molar-refractivity contribution in [2.45, 2.75) is 24.9 Å². The van der Waals surface area contributed by atoms with E-state index in [1.807, 2.05) is 0 Å². The van der Waals surface area contributed by atoms with Crippen molar-refractivity contribution >= 4 is 7.92 Å². The number of hydrogen-bond donors (Lipinski definition) is 0. The monoisotopic (exact) mass is 220 g/mol. The van der Waals surface area contributed by atoms with Crippen molar-refractivity contribution in [3.8, 4) is 0 Å². The second kappa shape index (κ2) is 2.89. The molecule has 4 aliphatic rings. The Morgan fingerprint density at radius 3 is 2.40 bits per heavy atom. The zero-order valence-corrected chi connectivity index (χ0v) is 10.7. The highest BCUT2D eigenvalue weighted by Crippen LogP contribution is 2.69. The van der Waals surface area contributed by atoms with E-state index in [4.69, 9.17) is 0 Å². The third-order valence-corrected chi connectivity index (χ3v) is 7.82. The van der Waals surface area contributed by atoms with Gasteiger partial charge in [0.25, 0.3) is 0 Å². The molecular weight excluding hydrogens is 199 g/mol. The summed E-state index contributed by atoms with van der Waals surface area (Å²) in [5.74, 6) is 6.56. The predicted octanol–water partition coefficient (Wildman–Crippen LogP) is 3.57. The zero-order chi connectivity index (χ0) is 10.2. The quantitative estimate of drug-likeness (QED) is 0.360. The minimum absolute atomic E-state index is 0.327. The lowest BCUT2D eigenvalue weighted by Crippen LogP contribution is -2.32. The molecule has 4 rings (SSSR count). The molecule has 0 radical (unpaired) electrons. The number of hydrogen-bond acceptors (Lipinski definition) is 0. The summed E-state index contributed by atoms with van der Waals surface area (Å²) >= 11 is 0. The highest BCUT2D eigenvalue weighted by molar-refractivity contribution is 7.56. The van der Waals surface area contributed by atoms with Crippen LogP contribution in [0, 0.1) is 35.5 Å². The van der Waals surface area contributed by atoms with Gasteiger partial charge in [0.1, 0.15) is 0 Å². The molecule has 0 amide bonds. The maximum absolute atomic E-state index is 2.57. The van der Waals surface area contributed by atoms with Crippen molar-refractivity contribution in [1.29, 1.82) is 0 Å². The average molecular weight is 220 g/mol. The van der Waals surface area contributed by atoms with Gasteiger partial charge in [-0.05, 0) is 73.8 Å². The molecule has 0 nitrogen and oxygen atoms in total. The number of fused-ring (bicyclic) bond motifs is 9. The van der Waals surface area contributed by atoms with E-state index in [0.29, 0.717) is 7.92 Å². The van der Waals surface area contributed by atoms with Gasteiger partial charge in [-0.3, -0.25) is 0 Å². The molecule has 4 bridgehead atoms. The van der Waals surface area contributed by atoms with Crippen LogP contribution in [-0.4, -0.2) is 19.0 Å². The van der Waals surface area contributed by atoms with Crippen molar-refractivity contribution in [2.24, 2.45) is 35.5 Å². The molecule has 7 atom stereocenters. The molecule has 4 aliphatic carbocycles. The van der Waals surface area contributed by atoms with E-state index in [2.05, 4.69) is 25.5 Å². The molecule has 15 heavy (non-hydrogen) atoms. The summed E-state index contributed by atoms with van der Waals surface area (Å²) in [6.07, 6.45) is 9.86. The van der Waals surface area contributed by atoms with Gasteiger partial charge in [0.2, 0.25) is 0 Å². The van der Waals surface area contributed by atoms with Crippen LogP contribution < -0.4 is 0 Å². The predicted molar refractivity (Wildman–Crippen MR) is 66.5 cm³/mol. The van der Waals surface area contributed by atoms with Crippen LogP contribution in [0.4, 0.5) is 0 Å². The molecule has 0 aromatic heterocycles.